The van der Waals surface area contributed by atoms with Gasteiger partial charge in [0.25, 0.3) is 0 Å². The van der Waals surface area contributed by atoms with E-state index in [0.29, 0.717) is 5.92 Å². The maximum atomic E-state index is 10.9. The van der Waals surface area contributed by atoms with Crippen LogP contribution in [0.15, 0.2) is 0 Å². The molecule has 0 aliphatic heterocycles. The molecule has 0 bridgehead atoms. The van der Waals surface area contributed by atoms with Gasteiger partial charge in [0, 0.05) is 0 Å². The Bertz CT molecular complexity index is 167. The van der Waals surface area contributed by atoms with E-state index in [0.717, 1.165) is 38.6 Å². The molecule has 0 aliphatic carbocycles. The highest BCUT2D eigenvalue weighted by atomic mass is 16.4. The van der Waals surface area contributed by atoms with Crippen molar-refractivity contribution in [2.45, 2.75) is 58.9 Å². The van der Waals surface area contributed by atoms with E-state index in [9.17, 15) is 4.79 Å². The van der Waals surface area contributed by atoms with E-state index in [2.05, 4.69) is 26.1 Å². The summed E-state index contributed by atoms with van der Waals surface area (Å²) < 4.78 is 0. The lowest BCUT2D eigenvalue weighted by Crippen LogP contribution is -2.39. The minimum Gasteiger partial charge on any atom is -0.480 e. The van der Waals surface area contributed by atoms with Crippen LogP contribution in [0.25, 0.3) is 0 Å². The van der Waals surface area contributed by atoms with Gasteiger partial charge >= 0.3 is 5.97 Å². The largest absolute Gasteiger partial charge is 0.480 e. The van der Waals surface area contributed by atoms with Gasteiger partial charge in [0.15, 0.2) is 0 Å². The fourth-order valence-corrected chi connectivity index (χ4v) is 1.61. The molecule has 3 nitrogen and oxygen atoms in total. The standard InChI is InChI=1S/C12H25NO2/c1-4-7-8-11(12(14)15)13-9-10(5-2)6-3/h10-11,13H,4-9H2,1-3H3,(H,14,15). The number of carboxylic acid groups (broad SMARTS) is 1. The lowest BCUT2D eigenvalue weighted by atomic mass is 10.0. The Hall–Kier alpha value is -0.570. The zero-order valence-electron chi connectivity index (χ0n) is 10.3. The van der Waals surface area contributed by atoms with E-state index >= 15 is 0 Å². The topological polar surface area (TPSA) is 49.3 Å². The first-order chi connectivity index (χ1) is 7.15. The lowest BCUT2D eigenvalue weighted by molar-refractivity contribution is -0.139. The first kappa shape index (κ1) is 14.4. The highest BCUT2D eigenvalue weighted by Crippen LogP contribution is 2.07. The van der Waals surface area contributed by atoms with E-state index < -0.39 is 5.97 Å². The molecule has 0 spiro atoms. The van der Waals surface area contributed by atoms with Gasteiger partial charge in [-0.15, -0.1) is 0 Å². The summed E-state index contributed by atoms with van der Waals surface area (Å²) in [5.74, 6) is -0.108. The average Bonchev–Trinajstić information content (AvgIpc) is 2.23. The monoisotopic (exact) mass is 215 g/mol. The van der Waals surface area contributed by atoms with Crippen molar-refractivity contribution < 1.29 is 9.90 Å². The second-order valence-corrected chi connectivity index (χ2v) is 4.12. The molecule has 1 unspecified atom stereocenters. The van der Waals surface area contributed by atoms with Gasteiger partial charge in [-0.05, 0) is 18.9 Å². The minimum absolute atomic E-state index is 0.356. The predicted octanol–water partition coefficient (Wildman–Crippen LogP) is 2.66. The lowest BCUT2D eigenvalue weighted by Gasteiger charge is -2.18. The molecule has 3 heteroatoms. The zero-order chi connectivity index (χ0) is 11.7. The summed E-state index contributed by atoms with van der Waals surface area (Å²) >= 11 is 0. The molecule has 0 rings (SSSR count). The van der Waals surface area contributed by atoms with Crippen LogP contribution in [0.4, 0.5) is 0 Å². The molecule has 0 aromatic rings. The van der Waals surface area contributed by atoms with Crippen molar-refractivity contribution in [2.24, 2.45) is 5.92 Å². The van der Waals surface area contributed by atoms with Gasteiger partial charge in [0.05, 0.1) is 0 Å². The average molecular weight is 215 g/mol. The quantitative estimate of drug-likeness (QED) is 0.621. The summed E-state index contributed by atoms with van der Waals surface area (Å²) in [4.78, 5) is 10.9. The Labute approximate surface area is 93.3 Å². The summed E-state index contributed by atoms with van der Waals surface area (Å²) in [5, 5.41) is 12.2. The molecule has 0 saturated heterocycles. The van der Waals surface area contributed by atoms with Crippen molar-refractivity contribution in [3.8, 4) is 0 Å². The van der Waals surface area contributed by atoms with Gasteiger partial charge in [-0.3, -0.25) is 4.79 Å². The van der Waals surface area contributed by atoms with E-state index in [1.807, 2.05) is 0 Å². The molecule has 0 amide bonds. The summed E-state index contributed by atoms with van der Waals surface area (Å²) in [6, 6.07) is -0.356. The van der Waals surface area contributed by atoms with Crippen LogP contribution in [0.2, 0.25) is 0 Å². The smallest absolute Gasteiger partial charge is 0.320 e. The Morgan fingerprint density at radius 2 is 1.87 bits per heavy atom. The maximum absolute atomic E-state index is 10.9. The summed E-state index contributed by atoms with van der Waals surface area (Å²) in [6.45, 7) is 7.21. The highest BCUT2D eigenvalue weighted by molar-refractivity contribution is 5.73. The number of rotatable bonds is 9. The van der Waals surface area contributed by atoms with Gasteiger partial charge in [0.1, 0.15) is 6.04 Å². The summed E-state index contributed by atoms with van der Waals surface area (Å²) in [5.41, 5.74) is 0. The SMILES string of the molecule is CCCCC(NCC(CC)CC)C(=O)O. The van der Waals surface area contributed by atoms with E-state index in [1.54, 1.807) is 0 Å². The molecule has 0 radical (unpaired) electrons. The number of nitrogens with one attached hydrogen (secondary N) is 1. The minimum atomic E-state index is -0.714. The Morgan fingerprint density at radius 3 is 2.27 bits per heavy atom. The van der Waals surface area contributed by atoms with Crippen molar-refractivity contribution in [1.29, 1.82) is 0 Å². The number of unbranched alkanes of at least 4 members (excludes halogenated alkanes) is 1. The molecule has 2 N–H and O–H groups in total. The van der Waals surface area contributed by atoms with Crippen molar-refractivity contribution in [1.82, 2.24) is 5.32 Å². The number of hydrogen-bond donors (Lipinski definition) is 2. The van der Waals surface area contributed by atoms with E-state index in [4.69, 9.17) is 5.11 Å². The molecule has 1 atom stereocenters. The number of hydrogen-bond acceptors (Lipinski definition) is 2. The van der Waals surface area contributed by atoms with Gasteiger partial charge < -0.3 is 10.4 Å². The predicted molar refractivity (Wildman–Crippen MR) is 63.0 cm³/mol. The number of carbonyl (C=O) groups is 1. The fourth-order valence-electron chi connectivity index (χ4n) is 1.61. The van der Waals surface area contributed by atoms with Gasteiger partial charge in [-0.25, -0.2) is 0 Å². The van der Waals surface area contributed by atoms with E-state index in [-0.39, 0.29) is 6.04 Å². The van der Waals surface area contributed by atoms with Crippen LogP contribution in [-0.4, -0.2) is 23.7 Å². The van der Waals surface area contributed by atoms with Crippen molar-refractivity contribution in [3.05, 3.63) is 0 Å². The van der Waals surface area contributed by atoms with Crippen LogP contribution in [0.5, 0.6) is 0 Å². The molecule has 0 aliphatic rings. The second kappa shape index (κ2) is 8.72. The Balaban J connectivity index is 3.89. The first-order valence-corrected chi connectivity index (χ1v) is 6.11. The number of carboxylic acids is 1. The maximum Gasteiger partial charge on any atom is 0.320 e. The van der Waals surface area contributed by atoms with Gasteiger partial charge in [-0.1, -0.05) is 46.5 Å². The van der Waals surface area contributed by atoms with E-state index in [1.165, 1.54) is 0 Å². The molecule has 0 heterocycles. The summed E-state index contributed by atoms with van der Waals surface area (Å²) in [7, 11) is 0. The molecule has 0 fully saturated rings. The highest BCUT2D eigenvalue weighted by Gasteiger charge is 2.16. The third-order valence-electron chi connectivity index (χ3n) is 2.95. The van der Waals surface area contributed by atoms with Gasteiger partial charge in [0.2, 0.25) is 0 Å². The van der Waals surface area contributed by atoms with Crippen LogP contribution in [-0.2, 0) is 4.79 Å². The summed E-state index contributed by atoms with van der Waals surface area (Å²) in [6.07, 6.45) is 5.00. The van der Waals surface area contributed by atoms with Crippen LogP contribution in [0.1, 0.15) is 52.9 Å². The van der Waals surface area contributed by atoms with Crippen molar-refractivity contribution >= 4 is 5.97 Å². The van der Waals surface area contributed by atoms with Gasteiger partial charge in [-0.2, -0.15) is 0 Å². The molecular formula is C12H25NO2. The third kappa shape index (κ3) is 6.50. The van der Waals surface area contributed by atoms with Crippen LogP contribution < -0.4 is 5.32 Å². The van der Waals surface area contributed by atoms with Crippen molar-refractivity contribution in [3.63, 3.8) is 0 Å². The second-order valence-electron chi connectivity index (χ2n) is 4.12. The molecule has 15 heavy (non-hydrogen) atoms. The molecule has 90 valence electrons. The fraction of sp³-hybridized carbons (Fsp3) is 0.917. The van der Waals surface area contributed by atoms with Crippen LogP contribution in [0, 0.1) is 5.92 Å². The molecule has 0 saturated carbocycles. The Kier molecular flexibility index (Phi) is 8.38. The Morgan fingerprint density at radius 1 is 1.27 bits per heavy atom. The van der Waals surface area contributed by atoms with Crippen LogP contribution in [0.3, 0.4) is 0 Å². The molecule has 0 aromatic carbocycles. The number of aliphatic carboxylic acids is 1. The van der Waals surface area contributed by atoms with Crippen LogP contribution >= 0.6 is 0 Å². The first-order valence-electron chi connectivity index (χ1n) is 6.11. The zero-order valence-corrected chi connectivity index (χ0v) is 10.3. The molecule has 0 aromatic heterocycles. The normalized spacial score (nSPS) is 13.1. The third-order valence-corrected chi connectivity index (χ3v) is 2.95. The van der Waals surface area contributed by atoms with Crippen molar-refractivity contribution in [2.75, 3.05) is 6.54 Å². The molecular weight excluding hydrogens is 190 g/mol.